The van der Waals surface area contributed by atoms with Gasteiger partial charge in [0.25, 0.3) is 0 Å². The van der Waals surface area contributed by atoms with E-state index < -0.39 is 5.97 Å². The third-order valence-electron chi connectivity index (χ3n) is 3.56. The van der Waals surface area contributed by atoms with Gasteiger partial charge in [-0.05, 0) is 18.9 Å². The largest absolute Gasteiger partial charge is 0.469 e. The fourth-order valence-electron chi connectivity index (χ4n) is 2.22. The summed E-state index contributed by atoms with van der Waals surface area (Å²) in [6.45, 7) is 2.16. The van der Waals surface area contributed by atoms with Gasteiger partial charge >= 0.3 is 11.9 Å². The van der Waals surface area contributed by atoms with Crippen LogP contribution in [0.25, 0.3) is 0 Å². The number of benzene rings is 1. The van der Waals surface area contributed by atoms with Crippen molar-refractivity contribution in [1.82, 2.24) is 9.55 Å². The zero-order chi connectivity index (χ0) is 16.7. The molecule has 0 spiro atoms. The molecular formula is C17H20N2O4. The van der Waals surface area contributed by atoms with Crippen LogP contribution < -0.4 is 0 Å². The number of ether oxygens (including phenoxy) is 2. The zero-order valence-electron chi connectivity index (χ0n) is 13.3. The maximum absolute atomic E-state index is 12.2. The number of carbonyl (C=O) groups is 2. The highest BCUT2D eigenvalue weighted by atomic mass is 16.5. The summed E-state index contributed by atoms with van der Waals surface area (Å²) in [5.41, 5.74) is 1.46. The van der Waals surface area contributed by atoms with Gasteiger partial charge in [-0.2, -0.15) is 0 Å². The van der Waals surface area contributed by atoms with Gasteiger partial charge in [-0.1, -0.05) is 30.3 Å². The molecule has 1 aromatic carbocycles. The highest BCUT2D eigenvalue weighted by Crippen LogP contribution is 2.19. The molecule has 0 aliphatic carbocycles. The average molecular weight is 316 g/mol. The zero-order valence-corrected chi connectivity index (χ0v) is 13.3. The van der Waals surface area contributed by atoms with Crippen molar-refractivity contribution in [1.29, 1.82) is 0 Å². The maximum atomic E-state index is 12.2. The summed E-state index contributed by atoms with van der Waals surface area (Å²) >= 11 is 0. The second-order valence-corrected chi connectivity index (χ2v) is 5.09. The second kappa shape index (κ2) is 8.12. The van der Waals surface area contributed by atoms with Gasteiger partial charge in [-0.25, -0.2) is 9.78 Å². The number of imidazole rings is 1. The lowest BCUT2D eigenvalue weighted by Crippen LogP contribution is -2.16. The van der Waals surface area contributed by atoms with Crippen molar-refractivity contribution in [3.63, 3.8) is 0 Å². The highest BCUT2D eigenvalue weighted by Gasteiger charge is 2.18. The summed E-state index contributed by atoms with van der Waals surface area (Å²) in [4.78, 5) is 27.2. The standard InChI is InChI=1S/C17H20N2O4/c1-13(14-7-4-3-5-8-14)19-12-18-11-15(19)17(21)23-10-6-9-16(20)22-2/h3-5,7-8,11-13H,6,9-10H2,1-2H3. The van der Waals surface area contributed by atoms with Crippen molar-refractivity contribution in [3.8, 4) is 0 Å². The van der Waals surface area contributed by atoms with Gasteiger partial charge in [0.2, 0.25) is 0 Å². The monoisotopic (exact) mass is 316 g/mol. The summed E-state index contributed by atoms with van der Waals surface area (Å²) in [6, 6.07) is 9.81. The second-order valence-electron chi connectivity index (χ2n) is 5.09. The molecule has 2 aromatic rings. The molecule has 0 fully saturated rings. The summed E-state index contributed by atoms with van der Waals surface area (Å²) in [6.07, 6.45) is 3.76. The number of esters is 2. The Kier molecular flexibility index (Phi) is 5.91. The number of rotatable bonds is 7. The Hall–Kier alpha value is -2.63. The number of hydrogen-bond acceptors (Lipinski definition) is 5. The Morgan fingerprint density at radius 2 is 2.00 bits per heavy atom. The molecule has 1 heterocycles. The molecule has 1 aromatic heterocycles. The van der Waals surface area contributed by atoms with E-state index in [9.17, 15) is 9.59 Å². The average Bonchev–Trinajstić information content (AvgIpc) is 3.08. The number of methoxy groups -OCH3 is 1. The molecule has 0 aliphatic heterocycles. The van der Waals surface area contributed by atoms with Crippen molar-refractivity contribution in [3.05, 3.63) is 54.1 Å². The predicted octanol–water partition coefficient (Wildman–Crippen LogP) is 2.60. The smallest absolute Gasteiger partial charge is 0.356 e. The van der Waals surface area contributed by atoms with Crippen molar-refractivity contribution < 1.29 is 19.1 Å². The van der Waals surface area contributed by atoms with Crippen LogP contribution in [0.2, 0.25) is 0 Å². The SMILES string of the molecule is COC(=O)CCCOC(=O)c1cncn1C(C)c1ccccc1. The lowest BCUT2D eigenvalue weighted by atomic mass is 10.1. The van der Waals surface area contributed by atoms with E-state index in [1.54, 1.807) is 10.9 Å². The van der Waals surface area contributed by atoms with E-state index in [1.165, 1.54) is 13.3 Å². The number of carbonyl (C=O) groups excluding carboxylic acids is 2. The Morgan fingerprint density at radius 1 is 1.26 bits per heavy atom. The van der Waals surface area contributed by atoms with Gasteiger partial charge in [0.1, 0.15) is 5.69 Å². The number of aromatic nitrogens is 2. The lowest BCUT2D eigenvalue weighted by molar-refractivity contribution is -0.140. The minimum absolute atomic E-state index is 0.0312. The normalized spacial score (nSPS) is 11.7. The van der Waals surface area contributed by atoms with Gasteiger partial charge in [0.15, 0.2) is 0 Å². The van der Waals surface area contributed by atoms with E-state index in [4.69, 9.17) is 4.74 Å². The van der Waals surface area contributed by atoms with Crippen LogP contribution in [0.5, 0.6) is 0 Å². The Balaban J connectivity index is 1.97. The van der Waals surface area contributed by atoms with Crippen LogP contribution in [0.1, 0.15) is 41.9 Å². The van der Waals surface area contributed by atoms with Crippen LogP contribution in [0, 0.1) is 0 Å². The van der Waals surface area contributed by atoms with E-state index in [1.807, 2.05) is 37.3 Å². The molecule has 6 heteroatoms. The molecule has 122 valence electrons. The molecule has 0 saturated carbocycles. The summed E-state index contributed by atoms with van der Waals surface area (Å²) in [7, 11) is 1.33. The fraction of sp³-hybridized carbons (Fsp3) is 0.353. The van der Waals surface area contributed by atoms with E-state index in [2.05, 4.69) is 9.72 Å². The Morgan fingerprint density at radius 3 is 2.70 bits per heavy atom. The summed E-state index contributed by atoms with van der Waals surface area (Å²) in [5, 5.41) is 0. The third kappa shape index (κ3) is 4.42. The molecule has 23 heavy (non-hydrogen) atoms. The fourth-order valence-corrected chi connectivity index (χ4v) is 2.22. The van der Waals surface area contributed by atoms with Crippen LogP contribution in [0.15, 0.2) is 42.9 Å². The van der Waals surface area contributed by atoms with Crippen LogP contribution in [-0.2, 0) is 14.3 Å². The van der Waals surface area contributed by atoms with E-state index in [-0.39, 0.29) is 25.0 Å². The summed E-state index contributed by atoms with van der Waals surface area (Å²) < 4.78 is 11.5. The van der Waals surface area contributed by atoms with E-state index in [0.29, 0.717) is 12.1 Å². The minimum atomic E-state index is -0.449. The molecule has 0 saturated heterocycles. The minimum Gasteiger partial charge on any atom is -0.469 e. The molecule has 0 amide bonds. The maximum Gasteiger partial charge on any atom is 0.356 e. The lowest BCUT2D eigenvalue weighted by Gasteiger charge is -2.16. The molecule has 1 atom stereocenters. The van der Waals surface area contributed by atoms with Crippen LogP contribution in [-0.4, -0.2) is 35.2 Å². The summed E-state index contributed by atoms with van der Waals surface area (Å²) in [5.74, 6) is -0.765. The van der Waals surface area contributed by atoms with Gasteiger partial charge in [0.05, 0.1) is 32.3 Å². The molecule has 0 aliphatic rings. The van der Waals surface area contributed by atoms with Crippen LogP contribution >= 0.6 is 0 Å². The molecule has 1 unspecified atom stereocenters. The Bertz CT molecular complexity index is 652. The number of nitrogens with zero attached hydrogens (tertiary/aromatic N) is 2. The van der Waals surface area contributed by atoms with Gasteiger partial charge < -0.3 is 14.0 Å². The quantitative estimate of drug-likeness (QED) is 0.580. The highest BCUT2D eigenvalue weighted by molar-refractivity contribution is 5.87. The first-order valence-electron chi connectivity index (χ1n) is 7.44. The Labute approximate surface area is 135 Å². The van der Waals surface area contributed by atoms with Crippen molar-refractivity contribution in [2.75, 3.05) is 13.7 Å². The molecule has 0 bridgehead atoms. The molecule has 0 N–H and O–H groups in total. The van der Waals surface area contributed by atoms with Crippen molar-refractivity contribution >= 4 is 11.9 Å². The topological polar surface area (TPSA) is 70.4 Å². The van der Waals surface area contributed by atoms with E-state index in [0.717, 1.165) is 5.56 Å². The first-order valence-corrected chi connectivity index (χ1v) is 7.44. The van der Waals surface area contributed by atoms with Gasteiger partial charge in [-0.3, -0.25) is 4.79 Å². The van der Waals surface area contributed by atoms with Crippen molar-refractivity contribution in [2.45, 2.75) is 25.8 Å². The van der Waals surface area contributed by atoms with Crippen LogP contribution in [0.3, 0.4) is 0 Å². The van der Waals surface area contributed by atoms with Crippen LogP contribution in [0.4, 0.5) is 0 Å². The first-order chi connectivity index (χ1) is 11.1. The predicted molar refractivity (Wildman–Crippen MR) is 84.0 cm³/mol. The number of hydrogen-bond donors (Lipinski definition) is 0. The van der Waals surface area contributed by atoms with Crippen molar-refractivity contribution in [2.24, 2.45) is 0 Å². The van der Waals surface area contributed by atoms with Gasteiger partial charge in [0, 0.05) is 6.42 Å². The molecule has 2 rings (SSSR count). The third-order valence-corrected chi connectivity index (χ3v) is 3.56. The molecular weight excluding hydrogens is 296 g/mol. The van der Waals surface area contributed by atoms with E-state index >= 15 is 0 Å². The molecule has 6 nitrogen and oxygen atoms in total. The van der Waals surface area contributed by atoms with Gasteiger partial charge in [-0.15, -0.1) is 0 Å². The molecule has 0 radical (unpaired) electrons. The first kappa shape index (κ1) is 16.7.